The first-order valence-corrected chi connectivity index (χ1v) is 9.77. The van der Waals surface area contributed by atoms with Crippen LogP contribution in [0.1, 0.15) is 59.8 Å². The van der Waals surface area contributed by atoms with Crippen molar-refractivity contribution < 1.29 is 18.9 Å². The van der Waals surface area contributed by atoms with Gasteiger partial charge in [0.25, 0.3) is 0 Å². The number of nitrogens with two attached hydrogens (primary N) is 2. The van der Waals surface area contributed by atoms with Gasteiger partial charge in [-0.15, -0.1) is 0 Å². The zero-order valence-corrected chi connectivity index (χ0v) is 16.3. The third-order valence-corrected chi connectivity index (χ3v) is 6.98. The molecule has 0 radical (unpaired) electrons. The second-order valence-electron chi connectivity index (χ2n) is 9.02. The first-order valence-electron chi connectivity index (χ1n) is 9.77. The summed E-state index contributed by atoms with van der Waals surface area (Å²) in [5.74, 6) is -0.114. The van der Waals surface area contributed by atoms with Gasteiger partial charge in [0.15, 0.2) is 0 Å². The highest BCUT2D eigenvalue weighted by Crippen LogP contribution is 2.65. The van der Waals surface area contributed by atoms with Crippen LogP contribution >= 0.6 is 0 Å². The van der Waals surface area contributed by atoms with Crippen LogP contribution < -0.4 is 16.8 Å². The second-order valence-corrected chi connectivity index (χ2v) is 9.02. The Kier molecular flexibility index (Phi) is 5.14. The van der Waals surface area contributed by atoms with Crippen molar-refractivity contribution in [2.75, 3.05) is 0 Å². The largest absolute Gasteiger partial charge is 0.481 e. The molecule has 1 heterocycles. The first-order chi connectivity index (χ1) is 12.1. The number of rotatable bonds is 7. The van der Waals surface area contributed by atoms with Crippen LogP contribution in [0.2, 0.25) is 0 Å². The summed E-state index contributed by atoms with van der Waals surface area (Å²) in [6, 6.07) is -0.946. The number of hydrogen-bond donors (Lipinski definition) is 3. The molecule has 3 aliphatic carbocycles. The maximum absolute atomic E-state index is 12.3. The van der Waals surface area contributed by atoms with Crippen LogP contribution in [0.5, 0.6) is 0 Å². The Morgan fingerprint density at radius 1 is 1.31 bits per heavy atom. The Hall–Kier alpha value is -1.12. The minimum Gasteiger partial charge on any atom is -0.404 e. The molecule has 5 N–H and O–H groups in total. The summed E-state index contributed by atoms with van der Waals surface area (Å²) in [6.07, 6.45) is 3.68. The lowest BCUT2D eigenvalue weighted by Crippen LogP contribution is -2.65. The molecule has 0 aromatic carbocycles. The van der Waals surface area contributed by atoms with E-state index < -0.39 is 19.1 Å². The number of primary amides is 1. The Morgan fingerprint density at radius 2 is 2.00 bits per heavy atom. The number of carbonyl (C=O) groups is 2. The lowest BCUT2D eigenvalue weighted by atomic mass is 9.43. The molecule has 26 heavy (non-hydrogen) atoms. The van der Waals surface area contributed by atoms with E-state index in [1.807, 2.05) is 6.92 Å². The van der Waals surface area contributed by atoms with Crippen molar-refractivity contribution in [1.29, 1.82) is 0 Å². The monoisotopic (exact) mass is 365 g/mol. The number of carbonyl (C=O) groups excluding carboxylic acids is 2. The summed E-state index contributed by atoms with van der Waals surface area (Å²) in [5, 5.41) is 2.92. The molecule has 6 atom stereocenters. The van der Waals surface area contributed by atoms with E-state index in [2.05, 4.69) is 26.1 Å². The van der Waals surface area contributed by atoms with Crippen LogP contribution in [0, 0.1) is 17.3 Å². The van der Waals surface area contributed by atoms with Gasteiger partial charge >= 0.3 is 7.12 Å². The molecule has 0 aromatic heterocycles. The standard InChI is InChI=1S/C18H32BN3O4/c1-5-6-14(22-16(24)11(20)9-15(21)23)19-25-13-8-10-7-12(17(10,2)3)18(13,4)26-19/h10-14H,5-9,20H2,1-4H3,(H2,21,23)(H,22,24)/t10-,11-,12-,13+,14-,18-/m0/s1. The van der Waals surface area contributed by atoms with Crippen LogP contribution in [0.3, 0.4) is 0 Å². The third kappa shape index (κ3) is 3.16. The van der Waals surface area contributed by atoms with Crippen molar-refractivity contribution in [3.8, 4) is 0 Å². The highest BCUT2D eigenvalue weighted by atomic mass is 16.7. The van der Waals surface area contributed by atoms with Crippen LogP contribution in [0.15, 0.2) is 0 Å². The van der Waals surface area contributed by atoms with E-state index in [-0.39, 0.29) is 35.4 Å². The molecule has 8 heteroatoms. The molecule has 1 saturated heterocycles. The van der Waals surface area contributed by atoms with E-state index in [1.54, 1.807) is 0 Å². The van der Waals surface area contributed by atoms with Crippen LogP contribution in [-0.4, -0.2) is 42.6 Å². The number of amides is 2. The fourth-order valence-corrected chi connectivity index (χ4v) is 5.26. The molecular weight excluding hydrogens is 333 g/mol. The molecule has 0 aromatic rings. The second kappa shape index (κ2) is 6.80. The van der Waals surface area contributed by atoms with Crippen molar-refractivity contribution in [2.45, 2.75) is 83.5 Å². The molecule has 4 fully saturated rings. The Bertz CT molecular complexity index is 587. The molecular formula is C18H32BN3O4. The molecule has 1 aliphatic heterocycles. The minimum atomic E-state index is -0.946. The van der Waals surface area contributed by atoms with Gasteiger partial charge < -0.3 is 26.1 Å². The lowest BCUT2D eigenvalue weighted by molar-refractivity contribution is -0.199. The normalized spacial score (nSPS) is 36.7. The first kappa shape index (κ1) is 19.6. The topological polar surface area (TPSA) is 117 Å². The molecule has 2 bridgehead atoms. The molecule has 4 aliphatic rings. The van der Waals surface area contributed by atoms with Crippen LogP contribution in [0.4, 0.5) is 0 Å². The Balaban J connectivity index is 1.68. The summed E-state index contributed by atoms with van der Waals surface area (Å²) in [4.78, 5) is 23.3. The van der Waals surface area contributed by atoms with Gasteiger partial charge in [-0.1, -0.05) is 27.2 Å². The highest BCUT2D eigenvalue weighted by Gasteiger charge is 2.68. The van der Waals surface area contributed by atoms with Gasteiger partial charge in [0.2, 0.25) is 11.8 Å². The van der Waals surface area contributed by atoms with Crippen LogP contribution in [0.25, 0.3) is 0 Å². The van der Waals surface area contributed by atoms with E-state index in [0.29, 0.717) is 11.8 Å². The average Bonchev–Trinajstić information content (AvgIpc) is 2.90. The zero-order valence-electron chi connectivity index (χ0n) is 16.3. The van der Waals surface area contributed by atoms with Gasteiger partial charge in [-0.25, -0.2) is 0 Å². The van der Waals surface area contributed by atoms with Gasteiger partial charge in [0.1, 0.15) is 0 Å². The molecule has 3 saturated carbocycles. The van der Waals surface area contributed by atoms with Gasteiger partial charge in [0.05, 0.1) is 30.1 Å². The van der Waals surface area contributed by atoms with Crippen molar-refractivity contribution in [3.05, 3.63) is 0 Å². The summed E-state index contributed by atoms with van der Waals surface area (Å²) in [5.41, 5.74) is 10.9. The predicted molar refractivity (Wildman–Crippen MR) is 98.7 cm³/mol. The van der Waals surface area contributed by atoms with E-state index in [1.165, 1.54) is 6.42 Å². The molecule has 0 spiro atoms. The molecule has 146 valence electrons. The summed E-state index contributed by atoms with van der Waals surface area (Å²) in [6.45, 7) is 8.84. The van der Waals surface area contributed by atoms with E-state index >= 15 is 0 Å². The predicted octanol–water partition coefficient (Wildman–Crippen LogP) is 0.741. The maximum Gasteiger partial charge on any atom is 0.481 e. The van der Waals surface area contributed by atoms with Gasteiger partial charge in [0, 0.05) is 0 Å². The fourth-order valence-electron chi connectivity index (χ4n) is 5.26. The summed E-state index contributed by atoms with van der Waals surface area (Å²) in [7, 11) is -0.482. The number of nitrogens with one attached hydrogen (secondary N) is 1. The van der Waals surface area contributed by atoms with Gasteiger partial charge in [-0.3, -0.25) is 9.59 Å². The Morgan fingerprint density at radius 3 is 2.58 bits per heavy atom. The molecule has 2 amide bonds. The van der Waals surface area contributed by atoms with Gasteiger partial charge in [-0.2, -0.15) is 0 Å². The van der Waals surface area contributed by atoms with Crippen molar-refractivity contribution in [2.24, 2.45) is 28.7 Å². The number of hydrogen-bond acceptors (Lipinski definition) is 5. The maximum atomic E-state index is 12.3. The minimum absolute atomic E-state index is 0.0693. The SMILES string of the molecule is CCC[C@H](NC(=O)[C@@H](N)CC(N)=O)B1O[C@@H]2C[C@@H]3C[C@@H](C3(C)C)[C@]2(C)O1. The molecule has 7 nitrogen and oxygen atoms in total. The third-order valence-electron chi connectivity index (χ3n) is 6.98. The quantitative estimate of drug-likeness (QED) is 0.576. The van der Waals surface area contributed by atoms with Gasteiger partial charge in [-0.05, 0) is 43.4 Å². The fraction of sp³-hybridized carbons (Fsp3) is 0.889. The van der Waals surface area contributed by atoms with E-state index in [9.17, 15) is 9.59 Å². The zero-order chi connectivity index (χ0) is 19.3. The summed E-state index contributed by atoms with van der Waals surface area (Å²) < 4.78 is 12.7. The van der Waals surface area contributed by atoms with Crippen molar-refractivity contribution in [1.82, 2.24) is 5.32 Å². The molecule has 0 unspecified atom stereocenters. The lowest BCUT2D eigenvalue weighted by Gasteiger charge is -2.64. The van der Waals surface area contributed by atoms with Crippen molar-refractivity contribution >= 4 is 18.9 Å². The van der Waals surface area contributed by atoms with E-state index in [4.69, 9.17) is 20.8 Å². The van der Waals surface area contributed by atoms with Crippen LogP contribution in [-0.2, 0) is 18.9 Å². The molecule has 4 rings (SSSR count). The van der Waals surface area contributed by atoms with E-state index in [0.717, 1.165) is 19.3 Å². The Labute approximate surface area is 156 Å². The highest BCUT2D eigenvalue weighted by molar-refractivity contribution is 6.47. The average molecular weight is 365 g/mol. The smallest absolute Gasteiger partial charge is 0.404 e. The summed E-state index contributed by atoms with van der Waals surface area (Å²) >= 11 is 0. The van der Waals surface area contributed by atoms with Crippen molar-refractivity contribution in [3.63, 3.8) is 0 Å².